The van der Waals surface area contributed by atoms with E-state index in [9.17, 15) is 0 Å². The van der Waals surface area contributed by atoms with Crippen LogP contribution in [-0.4, -0.2) is 16.6 Å². The van der Waals surface area contributed by atoms with Crippen molar-refractivity contribution in [3.63, 3.8) is 0 Å². The third-order valence-electron chi connectivity index (χ3n) is 4.09. The number of aromatic amines is 1. The SMILES string of the molecule is CCCCOc1ccc(-c2nc(Cc3ccccc3)c(C)[nH]2)cc1. The molecule has 2 aromatic carbocycles. The van der Waals surface area contributed by atoms with Crippen LogP contribution in [0.2, 0.25) is 0 Å². The van der Waals surface area contributed by atoms with Crippen molar-refractivity contribution in [1.82, 2.24) is 9.97 Å². The Morgan fingerprint density at radius 1 is 1.00 bits per heavy atom. The lowest BCUT2D eigenvalue weighted by Crippen LogP contribution is -1.96. The van der Waals surface area contributed by atoms with E-state index in [0.29, 0.717) is 0 Å². The zero-order valence-corrected chi connectivity index (χ0v) is 14.4. The van der Waals surface area contributed by atoms with E-state index in [1.54, 1.807) is 0 Å². The highest BCUT2D eigenvalue weighted by Crippen LogP contribution is 2.22. The van der Waals surface area contributed by atoms with Crippen LogP contribution in [0.25, 0.3) is 11.4 Å². The van der Waals surface area contributed by atoms with E-state index in [0.717, 1.165) is 54.4 Å². The molecule has 0 radical (unpaired) electrons. The Morgan fingerprint density at radius 2 is 1.75 bits per heavy atom. The molecule has 0 amide bonds. The van der Waals surface area contributed by atoms with Crippen LogP contribution >= 0.6 is 0 Å². The molecule has 3 heteroatoms. The lowest BCUT2D eigenvalue weighted by atomic mass is 10.1. The number of aryl methyl sites for hydroxylation is 1. The Kier molecular flexibility index (Phi) is 5.32. The topological polar surface area (TPSA) is 37.9 Å². The van der Waals surface area contributed by atoms with Crippen LogP contribution < -0.4 is 4.74 Å². The molecule has 1 heterocycles. The molecular formula is C21H24N2O. The number of hydrogen-bond acceptors (Lipinski definition) is 2. The highest BCUT2D eigenvalue weighted by Gasteiger charge is 2.09. The van der Waals surface area contributed by atoms with Gasteiger partial charge >= 0.3 is 0 Å². The highest BCUT2D eigenvalue weighted by molar-refractivity contribution is 5.57. The van der Waals surface area contributed by atoms with Crippen molar-refractivity contribution in [2.45, 2.75) is 33.1 Å². The zero-order valence-electron chi connectivity index (χ0n) is 14.4. The molecule has 0 fully saturated rings. The van der Waals surface area contributed by atoms with Gasteiger partial charge in [0.15, 0.2) is 0 Å². The van der Waals surface area contributed by atoms with E-state index in [1.165, 1.54) is 5.56 Å². The maximum atomic E-state index is 5.71. The first-order valence-electron chi connectivity index (χ1n) is 8.59. The van der Waals surface area contributed by atoms with Crippen LogP contribution in [-0.2, 0) is 6.42 Å². The third kappa shape index (κ3) is 4.05. The highest BCUT2D eigenvalue weighted by atomic mass is 16.5. The van der Waals surface area contributed by atoms with Gasteiger partial charge in [0, 0.05) is 17.7 Å². The van der Waals surface area contributed by atoms with Gasteiger partial charge in [-0.25, -0.2) is 4.98 Å². The number of unbranched alkanes of at least 4 members (excludes halogenated alkanes) is 1. The summed E-state index contributed by atoms with van der Waals surface area (Å²) in [4.78, 5) is 8.19. The standard InChI is InChI=1S/C21H24N2O/c1-3-4-14-24-19-12-10-18(11-13-19)21-22-16(2)20(23-21)15-17-8-6-5-7-9-17/h5-13H,3-4,14-15H2,1-2H3,(H,22,23). The molecule has 1 aromatic heterocycles. The van der Waals surface area contributed by atoms with E-state index in [2.05, 4.69) is 55.2 Å². The third-order valence-corrected chi connectivity index (χ3v) is 4.09. The van der Waals surface area contributed by atoms with E-state index in [1.807, 2.05) is 18.2 Å². The van der Waals surface area contributed by atoms with Gasteiger partial charge in [-0.2, -0.15) is 0 Å². The summed E-state index contributed by atoms with van der Waals surface area (Å²) in [6.45, 7) is 5.02. The quantitative estimate of drug-likeness (QED) is 0.611. The lowest BCUT2D eigenvalue weighted by molar-refractivity contribution is 0.309. The molecule has 124 valence electrons. The summed E-state index contributed by atoms with van der Waals surface area (Å²) < 4.78 is 5.71. The maximum absolute atomic E-state index is 5.71. The second-order valence-electron chi connectivity index (χ2n) is 6.05. The Morgan fingerprint density at radius 3 is 2.46 bits per heavy atom. The number of hydrogen-bond donors (Lipinski definition) is 1. The fraction of sp³-hybridized carbons (Fsp3) is 0.286. The van der Waals surface area contributed by atoms with E-state index < -0.39 is 0 Å². The minimum Gasteiger partial charge on any atom is -0.494 e. The fourth-order valence-electron chi connectivity index (χ4n) is 2.64. The molecule has 0 aliphatic carbocycles. The summed E-state index contributed by atoms with van der Waals surface area (Å²) in [5.41, 5.74) is 4.58. The molecule has 24 heavy (non-hydrogen) atoms. The van der Waals surface area contributed by atoms with Crippen molar-refractivity contribution in [2.24, 2.45) is 0 Å². The monoisotopic (exact) mass is 320 g/mol. The smallest absolute Gasteiger partial charge is 0.137 e. The summed E-state index contributed by atoms with van der Waals surface area (Å²) in [7, 11) is 0. The van der Waals surface area contributed by atoms with Crippen LogP contribution in [0.15, 0.2) is 54.6 Å². The van der Waals surface area contributed by atoms with Crippen molar-refractivity contribution < 1.29 is 4.74 Å². The maximum Gasteiger partial charge on any atom is 0.137 e. The molecule has 0 atom stereocenters. The van der Waals surface area contributed by atoms with Crippen molar-refractivity contribution in [2.75, 3.05) is 6.61 Å². The molecule has 0 saturated heterocycles. The summed E-state index contributed by atoms with van der Waals surface area (Å²) >= 11 is 0. The van der Waals surface area contributed by atoms with Gasteiger partial charge in [0.2, 0.25) is 0 Å². The van der Waals surface area contributed by atoms with Crippen LogP contribution in [0.4, 0.5) is 0 Å². The molecule has 0 aliphatic rings. The normalized spacial score (nSPS) is 10.8. The molecule has 3 aromatic rings. The Bertz CT molecular complexity index is 760. The van der Waals surface area contributed by atoms with Crippen molar-refractivity contribution in [3.05, 3.63) is 71.5 Å². The van der Waals surface area contributed by atoms with Crippen LogP contribution in [0, 0.1) is 6.92 Å². The summed E-state index contributed by atoms with van der Waals surface area (Å²) in [5, 5.41) is 0. The average Bonchev–Trinajstić information content (AvgIpc) is 2.97. The van der Waals surface area contributed by atoms with Crippen LogP contribution in [0.1, 0.15) is 36.7 Å². The van der Waals surface area contributed by atoms with Crippen molar-refractivity contribution >= 4 is 0 Å². The number of nitrogens with zero attached hydrogens (tertiary/aromatic N) is 1. The van der Waals surface area contributed by atoms with Gasteiger partial charge in [-0.05, 0) is 43.2 Å². The van der Waals surface area contributed by atoms with Gasteiger partial charge in [-0.1, -0.05) is 43.7 Å². The van der Waals surface area contributed by atoms with E-state index in [-0.39, 0.29) is 0 Å². The molecule has 1 N–H and O–H groups in total. The van der Waals surface area contributed by atoms with E-state index in [4.69, 9.17) is 9.72 Å². The predicted molar refractivity (Wildman–Crippen MR) is 98.4 cm³/mol. The number of rotatable bonds is 7. The van der Waals surface area contributed by atoms with Crippen molar-refractivity contribution in [1.29, 1.82) is 0 Å². The predicted octanol–water partition coefficient (Wildman–Crippen LogP) is 5.15. The van der Waals surface area contributed by atoms with Gasteiger partial charge in [0.1, 0.15) is 11.6 Å². The molecule has 0 spiro atoms. The lowest BCUT2D eigenvalue weighted by Gasteiger charge is -2.05. The first kappa shape index (κ1) is 16.3. The van der Waals surface area contributed by atoms with Gasteiger partial charge in [-0.3, -0.25) is 0 Å². The molecule has 0 bridgehead atoms. The molecule has 3 rings (SSSR count). The summed E-state index contributed by atoms with van der Waals surface area (Å²) in [6.07, 6.45) is 3.08. The molecular weight excluding hydrogens is 296 g/mol. The summed E-state index contributed by atoms with van der Waals surface area (Å²) in [5.74, 6) is 1.83. The second kappa shape index (κ2) is 7.82. The number of imidazole rings is 1. The van der Waals surface area contributed by atoms with Gasteiger partial charge < -0.3 is 9.72 Å². The Balaban J connectivity index is 1.72. The minimum atomic E-state index is 0.775. The second-order valence-corrected chi connectivity index (χ2v) is 6.05. The van der Waals surface area contributed by atoms with Gasteiger partial charge in [-0.15, -0.1) is 0 Å². The molecule has 0 unspecified atom stereocenters. The first-order valence-corrected chi connectivity index (χ1v) is 8.59. The first-order chi connectivity index (χ1) is 11.8. The Hall–Kier alpha value is -2.55. The number of ether oxygens (including phenoxy) is 1. The number of H-pyrrole nitrogens is 1. The summed E-state index contributed by atoms with van der Waals surface area (Å²) in [6, 6.07) is 18.6. The Labute approximate surface area is 143 Å². The molecule has 0 saturated carbocycles. The molecule has 0 aliphatic heterocycles. The average molecular weight is 320 g/mol. The minimum absolute atomic E-state index is 0.775. The van der Waals surface area contributed by atoms with Crippen LogP contribution in [0.5, 0.6) is 5.75 Å². The van der Waals surface area contributed by atoms with Gasteiger partial charge in [0.05, 0.1) is 12.3 Å². The zero-order chi connectivity index (χ0) is 16.8. The van der Waals surface area contributed by atoms with Crippen LogP contribution in [0.3, 0.4) is 0 Å². The number of nitrogens with one attached hydrogen (secondary N) is 1. The van der Waals surface area contributed by atoms with Gasteiger partial charge in [0.25, 0.3) is 0 Å². The number of benzene rings is 2. The fourth-order valence-corrected chi connectivity index (χ4v) is 2.64. The van der Waals surface area contributed by atoms with Crippen molar-refractivity contribution in [3.8, 4) is 17.1 Å². The molecule has 3 nitrogen and oxygen atoms in total. The largest absolute Gasteiger partial charge is 0.494 e. The van der Waals surface area contributed by atoms with E-state index >= 15 is 0 Å². The number of aromatic nitrogens is 2.